The molecule has 8 nitrogen and oxygen atoms in total. The Morgan fingerprint density at radius 1 is 0.425 bits per heavy atom. The number of allylic oxidation sites excluding steroid dienone is 2. The molecule has 3 aliphatic rings. The van der Waals surface area contributed by atoms with Gasteiger partial charge in [-0.05, 0) is 0 Å². The number of nitrogens with one attached hydrogen (secondary N) is 4. The lowest BCUT2D eigenvalue weighted by atomic mass is 9.90. The second-order valence-corrected chi connectivity index (χ2v) is 10.3. The fourth-order valence-electron chi connectivity index (χ4n) is 6.05. The molecule has 0 saturated carbocycles. The number of rotatable bonds is 0. The van der Waals surface area contributed by atoms with Crippen LogP contribution in [0.5, 0.6) is 0 Å². The number of aromatic nitrogens is 3. The first-order valence-electron chi connectivity index (χ1n) is 13.3. The number of aromatic amines is 3. The van der Waals surface area contributed by atoms with Crippen molar-refractivity contribution >= 4 is 67.3 Å². The Morgan fingerprint density at radius 3 is 1.23 bits per heavy atom. The first kappa shape index (κ1) is 21.4. The molecule has 2 unspecified atom stereocenters. The van der Waals surface area contributed by atoms with E-state index in [-0.39, 0.29) is 11.8 Å². The van der Waals surface area contributed by atoms with E-state index in [1.54, 1.807) is 0 Å². The molecule has 1 aliphatic carbocycles. The quantitative estimate of drug-likeness (QED) is 0.192. The molecule has 1 saturated heterocycles. The molecule has 0 amide bonds. The van der Waals surface area contributed by atoms with E-state index in [0.29, 0.717) is 0 Å². The lowest BCUT2D eigenvalue weighted by Gasteiger charge is -2.13. The van der Waals surface area contributed by atoms with Crippen LogP contribution in [-0.2, 0) is 0 Å². The van der Waals surface area contributed by atoms with Crippen LogP contribution in [0.1, 0.15) is 0 Å². The lowest BCUT2D eigenvalue weighted by molar-refractivity contribution is 0.768. The van der Waals surface area contributed by atoms with Gasteiger partial charge in [-0.1, -0.05) is 97.1 Å². The Kier molecular flexibility index (Phi) is 4.29. The number of fused-ring (bicyclic) bond motifs is 20. The van der Waals surface area contributed by atoms with Crippen LogP contribution in [0.25, 0.3) is 32.3 Å². The Labute approximate surface area is 227 Å². The Hall–Kier alpha value is -5.50. The van der Waals surface area contributed by atoms with Gasteiger partial charge in [0.15, 0.2) is 0 Å². The van der Waals surface area contributed by atoms with E-state index in [2.05, 4.69) is 81.0 Å². The molecule has 6 aromatic rings. The van der Waals surface area contributed by atoms with Gasteiger partial charge in [0, 0.05) is 44.2 Å². The van der Waals surface area contributed by atoms with Gasteiger partial charge in [0.05, 0.1) is 0 Å². The van der Waals surface area contributed by atoms with E-state index < -0.39 is 0 Å². The van der Waals surface area contributed by atoms with Crippen LogP contribution in [0.3, 0.4) is 0 Å². The molecule has 0 spiro atoms. The minimum absolute atomic E-state index is 0.0572. The first-order valence-corrected chi connectivity index (χ1v) is 13.3. The summed E-state index contributed by atoms with van der Waals surface area (Å²) in [5, 5.41) is 9.59. The molecular weight excluding hydrogens is 496 g/mol. The van der Waals surface area contributed by atoms with Crippen molar-refractivity contribution in [1.29, 1.82) is 0 Å². The Morgan fingerprint density at radius 2 is 0.800 bits per heavy atom. The molecule has 2 atom stereocenters. The molecular formula is C32H22N8. The smallest absolute Gasteiger partial charge is 0.142 e. The van der Waals surface area contributed by atoms with Crippen LogP contribution in [-0.4, -0.2) is 26.6 Å². The zero-order chi connectivity index (χ0) is 26.2. The van der Waals surface area contributed by atoms with Crippen LogP contribution < -0.4 is 16.3 Å². The number of hydrogen-bond donors (Lipinski definition) is 4. The van der Waals surface area contributed by atoms with E-state index in [9.17, 15) is 0 Å². The molecule has 8 bridgehead atoms. The number of H-pyrrole nitrogens is 3. The summed E-state index contributed by atoms with van der Waals surface area (Å²) in [6, 6.07) is 24.6. The second kappa shape index (κ2) is 8.00. The van der Waals surface area contributed by atoms with Crippen LogP contribution in [0.15, 0.2) is 117 Å². The highest BCUT2D eigenvalue weighted by Crippen LogP contribution is 2.38. The van der Waals surface area contributed by atoms with Crippen molar-refractivity contribution < 1.29 is 0 Å². The van der Waals surface area contributed by atoms with Crippen molar-refractivity contribution in [2.75, 3.05) is 0 Å². The van der Waals surface area contributed by atoms with Crippen molar-refractivity contribution in [3.63, 3.8) is 0 Å². The normalized spacial score (nSPS) is 19.2. The van der Waals surface area contributed by atoms with Gasteiger partial charge in [0.2, 0.25) is 0 Å². The highest BCUT2D eigenvalue weighted by atomic mass is 15.2. The Bertz CT molecular complexity index is 2110. The minimum Gasteiger partial charge on any atom is -0.331 e. The van der Waals surface area contributed by atoms with Gasteiger partial charge in [-0.3, -0.25) is 0 Å². The number of amidine groups is 2. The van der Waals surface area contributed by atoms with Crippen molar-refractivity contribution in [2.45, 2.75) is 0 Å². The van der Waals surface area contributed by atoms with Crippen LogP contribution in [0.4, 0.5) is 23.3 Å². The van der Waals surface area contributed by atoms with Gasteiger partial charge in [0.25, 0.3) is 0 Å². The standard InChI is InChI=1S/C32H22N8/c1-2-10-18-17(9-1)25-33-26(18)38-28-21-13-5-6-14-22(21)30(35-28)40-32-24-16-8-7-15-23(24)31(36-32)39-29-20-12-4-3-11-19(20)27(34-29)37-25/h1-18,34-35H,(H,33,37,38)(H,36,39,40). The molecule has 0 radical (unpaired) electrons. The monoisotopic (exact) mass is 518 g/mol. The maximum atomic E-state index is 5.14. The summed E-state index contributed by atoms with van der Waals surface area (Å²) in [6.45, 7) is 0. The number of hydrogen-bond acceptors (Lipinski definition) is 5. The molecule has 1 fully saturated rings. The largest absolute Gasteiger partial charge is 0.331 e. The molecule has 40 heavy (non-hydrogen) atoms. The highest BCUT2D eigenvalue weighted by molar-refractivity contribution is 6.15. The van der Waals surface area contributed by atoms with E-state index in [1.165, 1.54) is 0 Å². The van der Waals surface area contributed by atoms with E-state index in [1.807, 2.05) is 36.4 Å². The third-order valence-electron chi connectivity index (χ3n) is 7.96. The van der Waals surface area contributed by atoms with Gasteiger partial charge in [-0.25, -0.2) is 20.0 Å². The van der Waals surface area contributed by atoms with Gasteiger partial charge in [-0.2, -0.15) is 0 Å². The third-order valence-corrected chi connectivity index (χ3v) is 7.96. The SMILES string of the molecule is C1=CC2C3=Nc4[nH]c(c5ccccc45)N=c4[nH]c(c5ccccc45)=Nc4[nH]c(c5ccccc45)N=C(N3)C2C=C1. The van der Waals surface area contributed by atoms with Gasteiger partial charge in [0.1, 0.15) is 45.9 Å². The number of benzene rings is 3. The zero-order valence-corrected chi connectivity index (χ0v) is 21.2. The van der Waals surface area contributed by atoms with Gasteiger partial charge in [-0.15, -0.1) is 0 Å². The second-order valence-electron chi connectivity index (χ2n) is 10.3. The molecule has 4 N–H and O–H groups in total. The summed E-state index contributed by atoms with van der Waals surface area (Å²) in [4.78, 5) is 31.0. The average Bonchev–Trinajstić information content (AvgIpc) is 3.73. The van der Waals surface area contributed by atoms with Crippen molar-refractivity contribution in [2.24, 2.45) is 31.8 Å². The fourth-order valence-corrected chi connectivity index (χ4v) is 6.05. The topological polar surface area (TPSA) is 109 Å². The summed E-state index contributed by atoms with van der Waals surface area (Å²) in [6.07, 6.45) is 8.52. The minimum atomic E-state index is 0.0572. The van der Waals surface area contributed by atoms with Crippen LogP contribution >= 0.6 is 0 Å². The molecule has 5 heterocycles. The molecule has 190 valence electrons. The van der Waals surface area contributed by atoms with Crippen molar-refractivity contribution in [3.8, 4) is 0 Å². The van der Waals surface area contributed by atoms with Crippen molar-refractivity contribution in [1.82, 2.24) is 20.3 Å². The van der Waals surface area contributed by atoms with Gasteiger partial charge >= 0.3 is 0 Å². The van der Waals surface area contributed by atoms with E-state index in [0.717, 1.165) is 78.2 Å². The predicted molar refractivity (Wildman–Crippen MR) is 159 cm³/mol. The van der Waals surface area contributed by atoms with Crippen LogP contribution in [0, 0.1) is 11.8 Å². The zero-order valence-electron chi connectivity index (χ0n) is 21.2. The summed E-state index contributed by atoms with van der Waals surface area (Å²) in [5.41, 5.74) is 1.48. The number of nitrogens with zero attached hydrogens (tertiary/aromatic N) is 4. The number of aliphatic imine (C=N–C) groups is 2. The van der Waals surface area contributed by atoms with E-state index in [4.69, 9.17) is 20.0 Å². The average molecular weight is 519 g/mol. The first-order chi connectivity index (χ1) is 19.8. The highest BCUT2D eigenvalue weighted by Gasteiger charge is 2.36. The van der Waals surface area contributed by atoms with Crippen molar-refractivity contribution in [3.05, 3.63) is 108 Å². The molecule has 9 rings (SSSR count). The third kappa shape index (κ3) is 3.07. The molecule has 3 aromatic carbocycles. The summed E-state index contributed by atoms with van der Waals surface area (Å²) < 4.78 is 0. The summed E-state index contributed by atoms with van der Waals surface area (Å²) in [7, 11) is 0. The summed E-state index contributed by atoms with van der Waals surface area (Å²) >= 11 is 0. The predicted octanol–water partition coefficient (Wildman–Crippen LogP) is 6.07. The molecule has 3 aromatic heterocycles. The summed E-state index contributed by atoms with van der Waals surface area (Å²) in [5.74, 6) is 4.84. The lowest BCUT2D eigenvalue weighted by Crippen LogP contribution is -2.22. The fraction of sp³-hybridized carbons (Fsp3) is 0.0625. The van der Waals surface area contributed by atoms with E-state index >= 15 is 0 Å². The maximum Gasteiger partial charge on any atom is 0.142 e. The van der Waals surface area contributed by atoms with Crippen LogP contribution in [0.2, 0.25) is 0 Å². The van der Waals surface area contributed by atoms with Gasteiger partial charge < -0.3 is 20.3 Å². The Balaban J connectivity index is 1.42. The molecule has 2 aliphatic heterocycles. The molecule has 8 heteroatoms. The maximum absolute atomic E-state index is 5.14.